The fraction of sp³-hybridized carbons (Fsp3) is 1.00. The Balaban J connectivity index is 2.77. The van der Waals surface area contributed by atoms with Crippen LogP contribution < -0.4 is 5.73 Å². The first-order valence-electron chi connectivity index (χ1n) is 6.61. The van der Waals surface area contributed by atoms with Crippen molar-refractivity contribution in [2.24, 2.45) is 11.7 Å². The van der Waals surface area contributed by atoms with E-state index < -0.39 is 0 Å². The normalized spacial score (nSPS) is 23.6. The van der Waals surface area contributed by atoms with Crippen molar-refractivity contribution in [1.82, 2.24) is 4.90 Å². The Morgan fingerprint density at radius 2 is 1.94 bits per heavy atom. The van der Waals surface area contributed by atoms with E-state index in [1.807, 2.05) is 0 Å². The van der Waals surface area contributed by atoms with E-state index in [2.05, 4.69) is 32.6 Å². The Morgan fingerprint density at radius 3 is 2.38 bits per heavy atom. The maximum atomic E-state index is 5.99. The van der Waals surface area contributed by atoms with Crippen LogP contribution in [0, 0.1) is 5.92 Å². The lowest BCUT2D eigenvalue weighted by atomic mass is 9.88. The summed E-state index contributed by atoms with van der Waals surface area (Å²) in [6, 6.07) is 0.508. The third-order valence-electron chi connectivity index (χ3n) is 3.94. The highest BCUT2D eigenvalue weighted by molar-refractivity contribution is 4.91. The van der Waals surface area contributed by atoms with Crippen molar-refractivity contribution >= 4 is 0 Å². The van der Waals surface area contributed by atoms with E-state index in [1.165, 1.54) is 12.8 Å². The summed E-state index contributed by atoms with van der Waals surface area (Å²) >= 11 is 0. The van der Waals surface area contributed by atoms with E-state index in [4.69, 9.17) is 10.5 Å². The minimum Gasteiger partial charge on any atom is -0.378 e. The molecule has 1 heterocycles. The zero-order valence-corrected chi connectivity index (χ0v) is 11.3. The molecule has 96 valence electrons. The van der Waals surface area contributed by atoms with Crippen LogP contribution in [0.4, 0.5) is 0 Å². The van der Waals surface area contributed by atoms with Crippen molar-refractivity contribution in [3.63, 3.8) is 0 Å². The summed E-state index contributed by atoms with van der Waals surface area (Å²) in [5.74, 6) is 0.711. The second kappa shape index (κ2) is 5.99. The van der Waals surface area contributed by atoms with Crippen molar-refractivity contribution in [2.45, 2.75) is 52.1 Å². The molecule has 0 spiro atoms. The molecule has 0 aromatic heterocycles. The number of hydrogen-bond acceptors (Lipinski definition) is 3. The average Bonchev–Trinajstić information content (AvgIpc) is 2.26. The lowest BCUT2D eigenvalue weighted by Crippen LogP contribution is -2.60. The standard InChI is InChI=1S/C13H28N2O/c1-5-11(6-2)12(9-14)15-7-8-16-10-13(15,3)4/h11-12H,5-10,14H2,1-4H3. The Hall–Kier alpha value is -0.120. The van der Waals surface area contributed by atoms with E-state index in [0.29, 0.717) is 12.0 Å². The Bertz CT molecular complexity index is 202. The van der Waals surface area contributed by atoms with Crippen molar-refractivity contribution in [3.05, 3.63) is 0 Å². The molecule has 0 saturated carbocycles. The van der Waals surface area contributed by atoms with Crippen molar-refractivity contribution < 1.29 is 4.74 Å². The van der Waals surface area contributed by atoms with Gasteiger partial charge in [-0.3, -0.25) is 4.90 Å². The number of morpholine rings is 1. The largest absolute Gasteiger partial charge is 0.378 e. The van der Waals surface area contributed by atoms with Crippen LogP contribution in [0.3, 0.4) is 0 Å². The van der Waals surface area contributed by atoms with Crippen LogP contribution >= 0.6 is 0 Å². The van der Waals surface area contributed by atoms with Gasteiger partial charge in [-0.1, -0.05) is 26.7 Å². The number of nitrogens with two attached hydrogens (primary N) is 1. The van der Waals surface area contributed by atoms with Crippen molar-refractivity contribution in [2.75, 3.05) is 26.3 Å². The van der Waals surface area contributed by atoms with Crippen LogP contribution in [0.25, 0.3) is 0 Å². The fourth-order valence-corrected chi connectivity index (χ4v) is 2.89. The van der Waals surface area contributed by atoms with E-state index in [-0.39, 0.29) is 5.54 Å². The molecule has 3 heteroatoms. The number of hydrogen-bond donors (Lipinski definition) is 1. The molecule has 2 N–H and O–H groups in total. The molecule has 0 aliphatic carbocycles. The third kappa shape index (κ3) is 2.96. The molecule has 1 fully saturated rings. The molecule has 1 atom stereocenters. The Labute approximate surface area is 100 Å². The maximum Gasteiger partial charge on any atom is 0.0645 e. The van der Waals surface area contributed by atoms with Gasteiger partial charge in [-0.05, 0) is 19.8 Å². The molecule has 0 aromatic carbocycles. The molecule has 16 heavy (non-hydrogen) atoms. The molecule has 0 bridgehead atoms. The van der Waals surface area contributed by atoms with Gasteiger partial charge in [-0.15, -0.1) is 0 Å². The summed E-state index contributed by atoms with van der Waals surface area (Å²) in [6.07, 6.45) is 2.43. The van der Waals surface area contributed by atoms with Crippen LogP contribution in [0.5, 0.6) is 0 Å². The van der Waals surface area contributed by atoms with E-state index in [1.54, 1.807) is 0 Å². The van der Waals surface area contributed by atoms with Gasteiger partial charge in [-0.25, -0.2) is 0 Å². The van der Waals surface area contributed by atoms with Crippen molar-refractivity contribution in [1.29, 1.82) is 0 Å². The maximum absolute atomic E-state index is 5.99. The Morgan fingerprint density at radius 1 is 1.31 bits per heavy atom. The summed E-state index contributed by atoms with van der Waals surface area (Å²) in [6.45, 7) is 12.5. The quantitative estimate of drug-likeness (QED) is 0.780. The minimum atomic E-state index is 0.130. The first-order chi connectivity index (χ1) is 7.56. The molecule has 0 amide bonds. The molecule has 1 unspecified atom stereocenters. The first kappa shape index (κ1) is 13.9. The lowest BCUT2D eigenvalue weighted by Gasteiger charge is -2.48. The van der Waals surface area contributed by atoms with Crippen LogP contribution in [-0.4, -0.2) is 42.8 Å². The summed E-state index contributed by atoms with van der Waals surface area (Å²) in [7, 11) is 0. The Kier molecular flexibility index (Phi) is 5.22. The number of ether oxygens (including phenoxy) is 1. The summed E-state index contributed by atoms with van der Waals surface area (Å²) < 4.78 is 5.57. The van der Waals surface area contributed by atoms with Gasteiger partial charge in [0.25, 0.3) is 0 Å². The molecular weight excluding hydrogens is 200 g/mol. The second-order valence-corrected chi connectivity index (χ2v) is 5.44. The molecule has 1 rings (SSSR count). The van der Waals surface area contributed by atoms with Crippen LogP contribution in [-0.2, 0) is 4.74 Å². The molecular formula is C13H28N2O. The predicted octanol–water partition coefficient (Wildman–Crippen LogP) is 1.86. The zero-order chi connectivity index (χ0) is 12.2. The van der Waals surface area contributed by atoms with Gasteiger partial charge in [0.15, 0.2) is 0 Å². The summed E-state index contributed by atoms with van der Waals surface area (Å²) in [4.78, 5) is 2.56. The van der Waals surface area contributed by atoms with Crippen LogP contribution in [0.15, 0.2) is 0 Å². The van der Waals surface area contributed by atoms with Gasteiger partial charge in [0.2, 0.25) is 0 Å². The van der Waals surface area contributed by atoms with E-state index in [0.717, 1.165) is 26.3 Å². The zero-order valence-electron chi connectivity index (χ0n) is 11.3. The van der Waals surface area contributed by atoms with Gasteiger partial charge in [-0.2, -0.15) is 0 Å². The summed E-state index contributed by atoms with van der Waals surface area (Å²) in [5.41, 5.74) is 6.12. The summed E-state index contributed by atoms with van der Waals surface area (Å²) in [5, 5.41) is 0. The first-order valence-corrected chi connectivity index (χ1v) is 6.61. The van der Waals surface area contributed by atoms with Gasteiger partial charge in [0.1, 0.15) is 0 Å². The highest BCUT2D eigenvalue weighted by Gasteiger charge is 2.37. The van der Waals surface area contributed by atoms with Crippen molar-refractivity contribution in [3.8, 4) is 0 Å². The topological polar surface area (TPSA) is 38.5 Å². The fourth-order valence-electron chi connectivity index (χ4n) is 2.89. The monoisotopic (exact) mass is 228 g/mol. The van der Waals surface area contributed by atoms with Crippen LogP contribution in [0.2, 0.25) is 0 Å². The van der Waals surface area contributed by atoms with Gasteiger partial charge >= 0.3 is 0 Å². The molecule has 1 aliphatic rings. The van der Waals surface area contributed by atoms with Crippen LogP contribution in [0.1, 0.15) is 40.5 Å². The average molecular weight is 228 g/mol. The van der Waals surface area contributed by atoms with Gasteiger partial charge in [0.05, 0.1) is 13.2 Å². The smallest absolute Gasteiger partial charge is 0.0645 e. The van der Waals surface area contributed by atoms with E-state index >= 15 is 0 Å². The SMILES string of the molecule is CCC(CC)C(CN)N1CCOCC1(C)C. The second-order valence-electron chi connectivity index (χ2n) is 5.44. The molecule has 0 radical (unpaired) electrons. The predicted molar refractivity (Wildman–Crippen MR) is 68.5 cm³/mol. The number of nitrogens with zero attached hydrogens (tertiary/aromatic N) is 1. The highest BCUT2D eigenvalue weighted by Crippen LogP contribution is 2.27. The number of rotatable bonds is 5. The highest BCUT2D eigenvalue weighted by atomic mass is 16.5. The minimum absolute atomic E-state index is 0.130. The molecule has 3 nitrogen and oxygen atoms in total. The molecule has 1 saturated heterocycles. The van der Waals surface area contributed by atoms with Gasteiger partial charge < -0.3 is 10.5 Å². The van der Waals surface area contributed by atoms with E-state index in [9.17, 15) is 0 Å². The lowest BCUT2D eigenvalue weighted by molar-refractivity contribution is -0.0816. The third-order valence-corrected chi connectivity index (χ3v) is 3.94. The van der Waals surface area contributed by atoms with Gasteiger partial charge in [0, 0.05) is 24.7 Å². The molecule has 1 aliphatic heterocycles. The molecule has 0 aromatic rings.